The molecule has 2 rings (SSSR count). The van der Waals surface area contributed by atoms with Crippen molar-refractivity contribution >= 4 is 17.7 Å². The predicted octanol–water partition coefficient (Wildman–Crippen LogP) is 2.24. The average Bonchev–Trinajstić information content (AvgIpc) is 2.49. The molecule has 0 bridgehead atoms. The van der Waals surface area contributed by atoms with Gasteiger partial charge in [-0.2, -0.15) is 0 Å². The molecule has 2 amide bonds. The van der Waals surface area contributed by atoms with E-state index >= 15 is 0 Å². The van der Waals surface area contributed by atoms with Gasteiger partial charge in [0.25, 0.3) is 0 Å². The molecular weight excluding hydrogens is 263 g/mol. The summed E-state index contributed by atoms with van der Waals surface area (Å²) in [5.74, 6) is -0.859. The minimum atomic E-state index is -0.467. The number of hydrogen-bond acceptors (Lipinski definition) is 3. The van der Waals surface area contributed by atoms with Gasteiger partial charge in [0.05, 0.1) is 18.7 Å². The van der Waals surface area contributed by atoms with E-state index in [-0.39, 0.29) is 23.6 Å². The number of nitrogens with zero attached hydrogens (tertiary/aromatic N) is 1. The van der Waals surface area contributed by atoms with Gasteiger partial charge in [0.15, 0.2) is 0 Å². The number of carbonyl (C=O) groups excluding carboxylic acids is 2. The molecule has 0 radical (unpaired) electrons. The molecule has 1 aromatic carbocycles. The Hall–Kier alpha value is -2.11. The lowest BCUT2D eigenvalue weighted by atomic mass is 9.97. The van der Waals surface area contributed by atoms with Gasteiger partial charge < -0.3 is 15.0 Å². The summed E-state index contributed by atoms with van der Waals surface area (Å²) in [6, 6.07) is 5.67. The number of rotatable bonds is 2. The van der Waals surface area contributed by atoms with Crippen LogP contribution in [0.5, 0.6) is 0 Å². The number of hydrogen-bond donors (Lipinski definition) is 1. The summed E-state index contributed by atoms with van der Waals surface area (Å²) < 4.78 is 18.1. The number of piperidine rings is 1. The van der Waals surface area contributed by atoms with Gasteiger partial charge in [-0.1, -0.05) is 12.1 Å². The molecule has 108 valence electrons. The number of halogens is 1. The molecule has 0 unspecified atom stereocenters. The molecule has 1 aromatic rings. The third-order valence-electron chi connectivity index (χ3n) is 3.43. The highest BCUT2D eigenvalue weighted by Gasteiger charge is 2.28. The third-order valence-corrected chi connectivity index (χ3v) is 3.43. The number of likely N-dealkylation sites (tertiary alicyclic amines) is 1. The maximum Gasteiger partial charge on any atom is 0.321 e. The Balaban J connectivity index is 1.89. The van der Waals surface area contributed by atoms with E-state index in [0.29, 0.717) is 25.9 Å². The molecule has 1 aliphatic heterocycles. The summed E-state index contributed by atoms with van der Waals surface area (Å²) in [5, 5.41) is 2.53. The van der Waals surface area contributed by atoms with E-state index in [2.05, 4.69) is 10.1 Å². The van der Waals surface area contributed by atoms with Crippen molar-refractivity contribution in [3.63, 3.8) is 0 Å². The number of carbonyl (C=O) groups is 2. The second kappa shape index (κ2) is 6.36. The lowest BCUT2D eigenvalue weighted by Gasteiger charge is -2.30. The van der Waals surface area contributed by atoms with Crippen molar-refractivity contribution in [1.29, 1.82) is 0 Å². The molecule has 1 saturated heterocycles. The van der Waals surface area contributed by atoms with Crippen LogP contribution in [-0.2, 0) is 9.53 Å². The van der Waals surface area contributed by atoms with E-state index in [1.165, 1.54) is 19.2 Å². The first-order chi connectivity index (χ1) is 9.61. The van der Waals surface area contributed by atoms with E-state index < -0.39 is 5.82 Å². The van der Waals surface area contributed by atoms with E-state index in [1.54, 1.807) is 17.0 Å². The molecule has 0 atom stereocenters. The number of anilines is 1. The van der Waals surface area contributed by atoms with Crippen molar-refractivity contribution < 1.29 is 18.7 Å². The lowest BCUT2D eigenvalue weighted by Crippen LogP contribution is -2.42. The van der Waals surface area contributed by atoms with Gasteiger partial charge in [-0.25, -0.2) is 9.18 Å². The number of nitrogens with one attached hydrogen (secondary N) is 1. The summed E-state index contributed by atoms with van der Waals surface area (Å²) in [5.41, 5.74) is 0.160. The molecule has 1 aliphatic rings. The first kappa shape index (κ1) is 14.3. The third kappa shape index (κ3) is 3.26. The van der Waals surface area contributed by atoms with Gasteiger partial charge in [0, 0.05) is 13.1 Å². The quantitative estimate of drug-likeness (QED) is 0.845. The topological polar surface area (TPSA) is 58.6 Å². The van der Waals surface area contributed by atoms with Crippen molar-refractivity contribution in [1.82, 2.24) is 4.90 Å². The van der Waals surface area contributed by atoms with E-state index in [1.807, 2.05) is 0 Å². The number of esters is 1. The molecule has 1 fully saturated rings. The summed E-state index contributed by atoms with van der Waals surface area (Å²) in [4.78, 5) is 25.0. The first-order valence-corrected chi connectivity index (χ1v) is 6.50. The van der Waals surface area contributed by atoms with Crippen LogP contribution in [-0.4, -0.2) is 37.1 Å². The Morgan fingerprint density at radius 1 is 1.30 bits per heavy atom. The molecule has 20 heavy (non-hydrogen) atoms. The first-order valence-electron chi connectivity index (χ1n) is 6.50. The summed E-state index contributed by atoms with van der Waals surface area (Å²) in [6.45, 7) is 0.917. The van der Waals surface area contributed by atoms with Crippen LogP contribution in [0.3, 0.4) is 0 Å². The number of benzene rings is 1. The molecule has 0 saturated carbocycles. The van der Waals surface area contributed by atoms with Crippen LogP contribution in [0.25, 0.3) is 0 Å². The highest BCUT2D eigenvalue weighted by atomic mass is 19.1. The molecule has 0 spiro atoms. The Morgan fingerprint density at radius 2 is 1.95 bits per heavy atom. The van der Waals surface area contributed by atoms with Gasteiger partial charge in [-0.3, -0.25) is 4.79 Å². The molecule has 0 aliphatic carbocycles. The van der Waals surface area contributed by atoms with Gasteiger partial charge in [-0.15, -0.1) is 0 Å². The fraction of sp³-hybridized carbons (Fsp3) is 0.429. The zero-order valence-electron chi connectivity index (χ0n) is 11.3. The number of urea groups is 1. The number of amides is 2. The average molecular weight is 280 g/mol. The second-order valence-electron chi connectivity index (χ2n) is 4.69. The molecule has 1 N–H and O–H groups in total. The van der Waals surface area contributed by atoms with Gasteiger partial charge in [0.1, 0.15) is 5.82 Å². The summed E-state index contributed by atoms with van der Waals surface area (Å²) >= 11 is 0. The van der Waals surface area contributed by atoms with Crippen LogP contribution in [0, 0.1) is 11.7 Å². The zero-order valence-corrected chi connectivity index (χ0v) is 11.3. The highest BCUT2D eigenvalue weighted by Crippen LogP contribution is 2.20. The van der Waals surface area contributed by atoms with Crippen LogP contribution < -0.4 is 5.32 Å². The Morgan fingerprint density at radius 3 is 2.55 bits per heavy atom. The van der Waals surface area contributed by atoms with Gasteiger partial charge in [-0.05, 0) is 25.0 Å². The monoisotopic (exact) mass is 280 g/mol. The van der Waals surface area contributed by atoms with Crippen molar-refractivity contribution in [2.75, 3.05) is 25.5 Å². The lowest BCUT2D eigenvalue weighted by molar-refractivity contribution is -0.146. The summed E-state index contributed by atoms with van der Waals surface area (Å²) in [7, 11) is 1.36. The van der Waals surface area contributed by atoms with Crippen molar-refractivity contribution in [3.05, 3.63) is 30.1 Å². The molecular formula is C14H17FN2O3. The van der Waals surface area contributed by atoms with Crippen molar-refractivity contribution in [2.24, 2.45) is 5.92 Å². The minimum Gasteiger partial charge on any atom is -0.469 e. The smallest absolute Gasteiger partial charge is 0.321 e. The van der Waals surface area contributed by atoms with Crippen LogP contribution in [0.15, 0.2) is 24.3 Å². The van der Waals surface area contributed by atoms with Crippen molar-refractivity contribution in [3.8, 4) is 0 Å². The summed E-state index contributed by atoms with van der Waals surface area (Å²) in [6.07, 6.45) is 1.13. The Bertz CT molecular complexity index is 499. The molecule has 1 heterocycles. The van der Waals surface area contributed by atoms with E-state index in [0.717, 1.165) is 0 Å². The minimum absolute atomic E-state index is 0.155. The Labute approximate surface area is 116 Å². The SMILES string of the molecule is COC(=O)C1CCN(C(=O)Nc2ccccc2F)CC1. The Kier molecular flexibility index (Phi) is 4.55. The van der Waals surface area contributed by atoms with Crippen LogP contribution in [0.1, 0.15) is 12.8 Å². The molecule has 0 aromatic heterocycles. The van der Waals surface area contributed by atoms with Gasteiger partial charge >= 0.3 is 12.0 Å². The van der Waals surface area contributed by atoms with Crippen LogP contribution in [0.2, 0.25) is 0 Å². The van der Waals surface area contributed by atoms with E-state index in [4.69, 9.17) is 0 Å². The van der Waals surface area contributed by atoms with Crippen LogP contribution >= 0.6 is 0 Å². The maximum atomic E-state index is 13.4. The number of para-hydroxylation sites is 1. The highest BCUT2D eigenvalue weighted by molar-refractivity contribution is 5.89. The predicted molar refractivity (Wildman–Crippen MR) is 71.7 cm³/mol. The number of ether oxygens (including phenoxy) is 1. The van der Waals surface area contributed by atoms with E-state index in [9.17, 15) is 14.0 Å². The molecule has 5 nitrogen and oxygen atoms in total. The van der Waals surface area contributed by atoms with Crippen LogP contribution in [0.4, 0.5) is 14.9 Å². The standard InChI is InChI=1S/C14H17FN2O3/c1-20-13(18)10-6-8-17(9-7-10)14(19)16-12-5-3-2-4-11(12)15/h2-5,10H,6-9H2,1H3,(H,16,19). The number of methoxy groups -OCH3 is 1. The van der Waals surface area contributed by atoms with Crippen molar-refractivity contribution in [2.45, 2.75) is 12.8 Å². The normalized spacial score (nSPS) is 15.8. The second-order valence-corrected chi connectivity index (χ2v) is 4.69. The van der Waals surface area contributed by atoms with Gasteiger partial charge in [0.2, 0.25) is 0 Å². The molecule has 6 heteroatoms. The fourth-order valence-corrected chi connectivity index (χ4v) is 2.24. The fourth-order valence-electron chi connectivity index (χ4n) is 2.24. The zero-order chi connectivity index (χ0) is 14.5. The maximum absolute atomic E-state index is 13.4. The largest absolute Gasteiger partial charge is 0.469 e.